The van der Waals surface area contributed by atoms with Gasteiger partial charge < -0.3 is 15.2 Å². The molecule has 1 saturated carbocycles. The maximum Gasteiger partial charge on any atom is 0.311 e. The van der Waals surface area contributed by atoms with E-state index in [1.165, 1.54) is 24.3 Å². The second-order valence-electron chi connectivity index (χ2n) is 9.34. The van der Waals surface area contributed by atoms with Gasteiger partial charge in [-0.05, 0) is 30.5 Å². The number of carboxylic acid groups (broad SMARTS) is 1. The molecule has 1 aliphatic heterocycles. The fraction of sp³-hybridized carbons (Fsp3) is 0.385. The van der Waals surface area contributed by atoms with Crippen LogP contribution in [0.3, 0.4) is 0 Å². The van der Waals surface area contributed by atoms with Crippen LogP contribution in [-0.4, -0.2) is 40.2 Å². The van der Waals surface area contributed by atoms with Gasteiger partial charge in [0.15, 0.2) is 0 Å². The van der Waals surface area contributed by atoms with Crippen LogP contribution in [0.25, 0.3) is 0 Å². The fourth-order valence-corrected chi connectivity index (χ4v) is 5.98. The van der Waals surface area contributed by atoms with E-state index in [-0.39, 0.29) is 27.2 Å². The summed E-state index contributed by atoms with van der Waals surface area (Å²) in [5.41, 5.74) is -1.81. The topological polar surface area (TPSA) is 110 Å². The van der Waals surface area contributed by atoms with Gasteiger partial charge in [0, 0.05) is 17.2 Å². The normalized spacial score (nSPS) is 25.6. The van der Waals surface area contributed by atoms with Crippen molar-refractivity contribution in [3.05, 3.63) is 69.2 Å². The summed E-state index contributed by atoms with van der Waals surface area (Å²) < 4.78 is 6.15. The van der Waals surface area contributed by atoms with Crippen LogP contribution < -0.4 is 5.32 Å². The third-order valence-electron chi connectivity index (χ3n) is 7.32. The largest absolute Gasteiger partial charge is 0.481 e. The number of hydrogen-bond donors (Lipinski definition) is 2. The van der Waals surface area contributed by atoms with Crippen molar-refractivity contribution in [2.45, 2.75) is 49.9 Å². The first-order valence-electron chi connectivity index (χ1n) is 11.6. The van der Waals surface area contributed by atoms with Crippen LogP contribution in [0, 0.1) is 11.8 Å². The second-order valence-corrected chi connectivity index (χ2v) is 10.2. The van der Waals surface area contributed by atoms with Crippen molar-refractivity contribution in [1.29, 1.82) is 0 Å². The fourth-order valence-electron chi connectivity index (χ4n) is 5.67. The molecule has 2 fully saturated rings. The van der Waals surface area contributed by atoms with E-state index in [2.05, 4.69) is 5.32 Å². The van der Waals surface area contributed by atoms with Crippen LogP contribution in [0.15, 0.2) is 42.5 Å². The molecule has 0 bridgehead atoms. The Labute approximate surface area is 211 Å². The van der Waals surface area contributed by atoms with Crippen molar-refractivity contribution in [2.75, 3.05) is 0 Å². The summed E-state index contributed by atoms with van der Waals surface area (Å²) >= 11 is 12.3. The molecule has 1 amide bonds. The molecule has 3 unspecified atom stereocenters. The molecule has 2 N–H and O–H groups in total. The first kappa shape index (κ1) is 24.0. The molecule has 9 heteroatoms. The molecule has 0 radical (unpaired) electrons. The SMILES string of the molecule is O=C(NC1CCCCC1)C1C(c2ccc(Cl)c(Cl)c2)OC2(C(=O)c3ccccc3C2=O)C1C(=O)O. The van der Waals surface area contributed by atoms with Gasteiger partial charge in [-0.15, -0.1) is 0 Å². The molecule has 2 aliphatic carbocycles. The van der Waals surface area contributed by atoms with Crippen LogP contribution in [0.5, 0.6) is 0 Å². The van der Waals surface area contributed by atoms with Gasteiger partial charge in [0.1, 0.15) is 5.92 Å². The molecule has 2 aromatic carbocycles. The summed E-state index contributed by atoms with van der Waals surface area (Å²) in [5, 5.41) is 13.7. The molecule has 0 aromatic heterocycles. The zero-order chi connectivity index (χ0) is 24.9. The predicted octanol–water partition coefficient (Wildman–Crippen LogP) is 4.65. The second kappa shape index (κ2) is 9.04. The highest BCUT2D eigenvalue weighted by Crippen LogP contribution is 2.54. The van der Waals surface area contributed by atoms with Crippen LogP contribution >= 0.6 is 23.2 Å². The van der Waals surface area contributed by atoms with Crippen molar-refractivity contribution in [2.24, 2.45) is 11.8 Å². The smallest absolute Gasteiger partial charge is 0.311 e. The highest BCUT2D eigenvalue weighted by Gasteiger charge is 2.71. The molecule has 3 atom stereocenters. The Hall–Kier alpha value is -2.74. The van der Waals surface area contributed by atoms with Crippen molar-refractivity contribution in [1.82, 2.24) is 5.32 Å². The third kappa shape index (κ3) is 3.77. The zero-order valence-corrected chi connectivity index (χ0v) is 20.1. The summed E-state index contributed by atoms with van der Waals surface area (Å²) in [4.78, 5) is 53.6. The Balaban J connectivity index is 1.63. The Morgan fingerprint density at radius 1 is 0.943 bits per heavy atom. The Kier molecular flexibility index (Phi) is 6.20. The van der Waals surface area contributed by atoms with E-state index in [0.717, 1.165) is 32.1 Å². The number of amides is 1. The van der Waals surface area contributed by atoms with Crippen molar-refractivity contribution in [3.8, 4) is 0 Å². The number of benzene rings is 2. The number of Topliss-reactive ketones (excluding diaryl/α,β-unsaturated/α-hetero) is 2. The van der Waals surface area contributed by atoms with E-state index < -0.39 is 47.0 Å². The number of carbonyl (C=O) groups is 4. The molecule has 3 aliphatic rings. The zero-order valence-electron chi connectivity index (χ0n) is 18.6. The minimum atomic E-state index is -2.35. The number of rotatable bonds is 4. The van der Waals surface area contributed by atoms with Crippen molar-refractivity contribution >= 4 is 46.6 Å². The minimum absolute atomic E-state index is 0.0879. The van der Waals surface area contributed by atoms with Crippen LogP contribution in [0.2, 0.25) is 10.0 Å². The molecule has 1 spiro atoms. The standard InChI is InChI=1S/C26H23Cl2NO6/c27-17-11-10-13(12-18(17)28)21-19(24(32)29-14-6-2-1-3-7-14)20(25(33)34)26(35-21)22(30)15-8-4-5-9-16(15)23(26)31/h4-5,8-12,14,19-21H,1-3,6-7H2,(H,29,32)(H,33,34). The molecule has 2 aromatic rings. The van der Waals surface area contributed by atoms with E-state index in [1.54, 1.807) is 18.2 Å². The molecular formula is C26H23Cl2NO6. The van der Waals surface area contributed by atoms with Gasteiger partial charge >= 0.3 is 5.97 Å². The lowest BCUT2D eigenvalue weighted by Crippen LogP contribution is -2.53. The highest BCUT2D eigenvalue weighted by molar-refractivity contribution is 6.42. The van der Waals surface area contributed by atoms with E-state index >= 15 is 0 Å². The number of ketones is 2. The van der Waals surface area contributed by atoms with Crippen molar-refractivity contribution in [3.63, 3.8) is 0 Å². The van der Waals surface area contributed by atoms with Gasteiger partial charge in [-0.2, -0.15) is 0 Å². The van der Waals surface area contributed by atoms with Crippen LogP contribution in [-0.2, 0) is 14.3 Å². The number of nitrogens with one attached hydrogen (secondary N) is 1. The Morgan fingerprint density at radius 2 is 1.57 bits per heavy atom. The van der Waals surface area contributed by atoms with Crippen LogP contribution in [0.1, 0.15) is 64.5 Å². The molecule has 35 heavy (non-hydrogen) atoms. The molecule has 1 saturated heterocycles. The quantitative estimate of drug-likeness (QED) is 0.573. The van der Waals surface area contributed by atoms with E-state index in [9.17, 15) is 24.3 Å². The number of fused-ring (bicyclic) bond motifs is 1. The number of aliphatic carboxylic acids is 1. The van der Waals surface area contributed by atoms with E-state index in [1.807, 2.05) is 0 Å². The number of carbonyl (C=O) groups excluding carboxylic acids is 3. The average molecular weight is 516 g/mol. The highest BCUT2D eigenvalue weighted by atomic mass is 35.5. The van der Waals surface area contributed by atoms with Gasteiger partial charge in [0.25, 0.3) is 0 Å². The Bertz CT molecular complexity index is 1200. The maximum atomic E-state index is 13.7. The van der Waals surface area contributed by atoms with Gasteiger partial charge in [-0.1, -0.05) is 72.8 Å². The number of carboxylic acids is 1. The monoisotopic (exact) mass is 515 g/mol. The van der Waals surface area contributed by atoms with E-state index in [0.29, 0.717) is 5.56 Å². The molecular weight excluding hydrogens is 493 g/mol. The summed E-state index contributed by atoms with van der Waals surface area (Å²) in [7, 11) is 0. The number of hydrogen-bond acceptors (Lipinski definition) is 5. The first-order valence-corrected chi connectivity index (χ1v) is 12.4. The lowest BCUT2D eigenvalue weighted by Gasteiger charge is -2.28. The van der Waals surface area contributed by atoms with Gasteiger partial charge in [0.05, 0.1) is 22.1 Å². The molecule has 182 valence electrons. The van der Waals surface area contributed by atoms with E-state index in [4.69, 9.17) is 27.9 Å². The van der Waals surface area contributed by atoms with Gasteiger partial charge in [0.2, 0.25) is 23.1 Å². The molecule has 5 rings (SSSR count). The molecule has 1 heterocycles. The van der Waals surface area contributed by atoms with Gasteiger partial charge in [-0.3, -0.25) is 19.2 Å². The van der Waals surface area contributed by atoms with Crippen molar-refractivity contribution < 1.29 is 29.0 Å². The number of halogens is 2. The van der Waals surface area contributed by atoms with Crippen LogP contribution in [0.4, 0.5) is 0 Å². The first-order chi connectivity index (χ1) is 16.8. The minimum Gasteiger partial charge on any atom is -0.481 e. The predicted molar refractivity (Wildman–Crippen MR) is 128 cm³/mol. The molecule has 7 nitrogen and oxygen atoms in total. The summed E-state index contributed by atoms with van der Waals surface area (Å²) in [6.07, 6.45) is 3.36. The summed E-state index contributed by atoms with van der Waals surface area (Å²) in [6, 6.07) is 10.6. The lowest BCUT2D eigenvalue weighted by atomic mass is 9.75. The van der Waals surface area contributed by atoms with Gasteiger partial charge in [-0.25, -0.2) is 0 Å². The number of ether oxygens (including phenoxy) is 1. The third-order valence-corrected chi connectivity index (χ3v) is 8.06. The summed E-state index contributed by atoms with van der Waals surface area (Å²) in [5.74, 6) is -6.57. The maximum absolute atomic E-state index is 13.7. The summed E-state index contributed by atoms with van der Waals surface area (Å²) in [6.45, 7) is 0. The Morgan fingerprint density at radius 3 is 2.14 bits per heavy atom. The average Bonchev–Trinajstić information content (AvgIpc) is 3.32. The lowest BCUT2D eigenvalue weighted by molar-refractivity contribution is -0.148.